The van der Waals surface area contributed by atoms with Gasteiger partial charge in [-0.2, -0.15) is 5.10 Å². The van der Waals surface area contributed by atoms with E-state index in [2.05, 4.69) is 15.5 Å². The van der Waals surface area contributed by atoms with Crippen molar-refractivity contribution in [3.8, 4) is 0 Å². The van der Waals surface area contributed by atoms with Crippen LogP contribution >= 0.6 is 12.4 Å². The molecule has 1 fully saturated rings. The lowest BCUT2D eigenvalue weighted by Crippen LogP contribution is -2.47. The van der Waals surface area contributed by atoms with Crippen molar-refractivity contribution in [1.82, 2.24) is 20.4 Å². The van der Waals surface area contributed by atoms with Gasteiger partial charge in [-0.25, -0.2) is 0 Å². The van der Waals surface area contributed by atoms with Gasteiger partial charge in [0.1, 0.15) is 0 Å². The number of hydrogen-bond acceptors (Lipinski definition) is 4. The van der Waals surface area contributed by atoms with Crippen molar-refractivity contribution in [3.63, 3.8) is 0 Å². The molecule has 1 aromatic carbocycles. The van der Waals surface area contributed by atoms with Crippen LogP contribution in [-0.2, 0) is 17.7 Å². The molecule has 2 aliphatic heterocycles. The summed E-state index contributed by atoms with van der Waals surface area (Å²) in [7, 11) is 0. The first kappa shape index (κ1) is 17.9. The zero-order valence-electron chi connectivity index (χ0n) is 14.2. The first-order chi connectivity index (χ1) is 11.7. The van der Waals surface area contributed by atoms with Crippen molar-refractivity contribution in [2.75, 3.05) is 19.7 Å². The zero-order valence-corrected chi connectivity index (χ0v) is 15.0. The number of benzene rings is 1. The Bertz CT molecular complexity index is 734. The number of carbonyl (C=O) groups is 1. The van der Waals surface area contributed by atoms with Gasteiger partial charge in [0.15, 0.2) is 5.69 Å². The molecule has 4 rings (SSSR count). The monoisotopic (exact) mass is 362 g/mol. The average Bonchev–Trinajstić information content (AvgIpc) is 3.06. The molecule has 2 N–H and O–H groups in total. The lowest BCUT2D eigenvalue weighted by Gasteiger charge is -2.38. The number of ether oxygens (including phenoxy) is 1. The van der Waals surface area contributed by atoms with Gasteiger partial charge < -0.3 is 15.0 Å². The van der Waals surface area contributed by atoms with Crippen molar-refractivity contribution in [1.29, 1.82) is 0 Å². The Kier molecular flexibility index (Phi) is 5.42. The highest BCUT2D eigenvalue weighted by molar-refractivity contribution is 5.94. The van der Waals surface area contributed by atoms with Gasteiger partial charge in [0.25, 0.3) is 5.91 Å². The number of amides is 1. The molecule has 1 amide bonds. The minimum absolute atomic E-state index is 0. The van der Waals surface area contributed by atoms with Crippen molar-refractivity contribution in [2.24, 2.45) is 0 Å². The highest BCUT2D eigenvalue weighted by Crippen LogP contribution is 2.29. The molecule has 2 aromatic rings. The summed E-state index contributed by atoms with van der Waals surface area (Å²) in [6.45, 7) is 4.71. The number of aromatic amines is 1. The second kappa shape index (κ2) is 7.56. The van der Waals surface area contributed by atoms with Crippen molar-refractivity contribution in [3.05, 3.63) is 52.8 Å². The van der Waals surface area contributed by atoms with E-state index in [-0.39, 0.29) is 30.5 Å². The van der Waals surface area contributed by atoms with Crippen LogP contribution in [0.1, 0.15) is 40.3 Å². The minimum atomic E-state index is -0.0706. The van der Waals surface area contributed by atoms with E-state index < -0.39 is 0 Å². The number of morpholine rings is 1. The van der Waals surface area contributed by atoms with Gasteiger partial charge in [0.05, 0.1) is 18.8 Å². The third kappa shape index (κ3) is 3.42. The molecular weight excluding hydrogens is 340 g/mol. The van der Waals surface area contributed by atoms with E-state index in [1.165, 1.54) is 0 Å². The predicted octanol–water partition coefficient (Wildman–Crippen LogP) is 2.08. The molecule has 6 nitrogen and oxygen atoms in total. The Morgan fingerprint density at radius 2 is 2.12 bits per heavy atom. The Morgan fingerprint density at radius 3 is 2.92 bits per heavy atom. The number of halogens is 1. The van der Waals surface area contributed by atoms with Gasteiger partial charge in [0.2, 0.25) is 0 Å². The third-order valence-electron chi connectivity index (χ3n) is 4.82. The van der Waals surface area contributed by atoms with Gasteiger partial charge in [-0.15, -0.1) is 12.4 Å². The first-order valence-corrected chi connectivity index (χ1v) is 8.48. The molecule has 0 bridgehead atoms. The Labute approximate surface area is 153 Å². The average molecular weight is 363 g/mol. The lowest BCUT2D eigenvalue weighted by molar-refractivity contribution is -0.0450. The zero-order chi connectivity index (χ0) is 16.5. The topological polar surface area (TPSA) is 70.2 Å². The summed E-state index contributed by atoms with van der Waals surface area (Å²) in [5.74, 6) is -0.0137. The van der Waals surface area contributed by atoms with E-state index in [1.54, 1.807) is 0 Å². The fraction of sp³-hybridized carbons (Fsp3) is 0.444. The van der Waals surface area contributed by atoms with Crippen LogP contribution < -0.4 is 5.32 Å². The highest BCUT2D eigenvalue weighted by Gasteiger charge is 2.35. The van der Waals surface area contributed by atoms with Crippen LogP contribution in [0.4, 0.5) is 0 Å². The van der Waals surface area contributed by atoms with E-state index in [1.807, 2.05) is 42.2 Å². The molecule has 0 radical (unpaired) electrons. The maximum Gasteiger partial charge on any atom is 0.275 e. The number of nitrogens with one attached hydrogen (secondary N) is 2. The molecule has 2 aliphatic rings. The minimum Gasteiger partial charge on any atom is -0.374 e. The number of nitrogens with zero attached hydrogens (tertiary/aromatic N) is 2. The second-order valence-corrected chi connectivity index (χ2v) is 6.48. The first-order valence-electron chi connectivity index (χ1n) is 8.48. The van der Waals surface area contributed by atoms with Crippen LogP contribution in [0.15, 0.2) is 30.3 Å². The molecule has 0 spiro atoms. The van der Waals surface area contributed by atoms with E-state index in [4.69, 9.17) is 4.74 Å². The third-order valence-corrected chi connectivity index (χ3v) is 4.82. The lowest BCUT2D eigenvalue weighted by atomic mass is 10.0. The number of carbonyl (C=O) groups excluding carboxylic acids is 1. The Hall–Kier alpha value is -1.89. The summed E-state index contributed by atoms with van der Waals surface area (Å²) in [4.78, 5) is 15.1. The molecule has 1 aromatic heterocycles. The fourth-order valence-electron chi connectivity index (χ4n) is 3.52. The van der Waals surface area contributed by atoms with E-state index in [0.29, 0.717) is 25.4 Å². The summed E-state index contributed by atoms with van der Waals surface area (Å²) < 4.78 is 5.82. The van der Waals surface area contributed by atoms with Crippen molar-refractivity contribution >= 4 is 18.3 Å². The molecule has 2 atom stereocenters. The summed E-state index contributed by atoms with van der Waals surface area (Å²) in [6, 6.07) is 10.0. The van der Waals surface area contributed by atoms with Gasteiger partial charge in [-0.1, -0.05) is 30.3 Å². The van der Waals surface area contributed by atoms with Crippen LogP contribution in [0.3, 0.4) is 0 Å². The van der Waals surface area contributed by atoms with Crippen LogP contribution in [0, 0.1) is 0 Å². The number of rotatable bonds is 2. The standard InChI is InChI=1S/C18H22N4O2.ClH/c1-12-10-22(16(11-24-12)13-5-3-2-4-6-13)18(23)17-14-9-19-8-7-15(14)20-21-17;/h2-6,12,16,19H,7-11H2,1H3,(H,20,21);1H. The molecule has 7 heteroatoms. The molecule has 0 aliphatic carbocycles. The Morgan fingerprint density at radius 1 is 1.32 bits per heavy atom. The van der Waals surface area contributed by atoms with Crippen LogP contribution in [0.25, 0.3) is 0 Å². The fourth-order valence-corrected chi connectivity index (χ4v) is 3.52. The molecule has 1 saturated heterocycles. The maximum atomic E-state index is 13.2. The predicted molar refractivity (Wildman–Crippen MR) is 96.9 cm³/mol. The van der Waals surface area contributed by atoms with Crippen LogP contribution in [-0.4, -0.2) is 46.8 Å². The smallest absolute Gasteiger partial charge is 0.275 e. The number of H-pyrrole nitrogens is 1. The number of aromatic nitrogens is 2. The van der Waals surface area contributed by atoms with Crippen molar-refractivity contribution < 1.29 is 9.53 Å². The summed E-state index contributed by atoms with van der Waals surface area (Å²) in [5.41, 5.74) is 3.74. The molecular formula is C18H23ClN4O2. The Balaban J connectivity index is 0.00000182. The van der Waals surface area contributed by atoms with Crippen LogP contribution in [0.5, 0.6) is 0 Å². The number of fused-ring (bicyclic) bond motifs is 1. The molecule has 0 saturated carbocycles. The molecule has 2 unspecified atom stereocenters. The molecule has 134 valence electrons. The SMILES string of the molecule is CC1CN(C(=O)c2n[nH]c3c2CNCC3)C(c2ccccc2)CO1.Cl. The molecule has 25 heavy (non-hydrogen) atoms. The number of hydrogen-bond donors (Lipinski definition) is 2. The van der Waals surface area contributed by atoms with Crippen LogP contribution in [0.2, 0.25) is 0 Å². The maximum absolute atomic E-state index is 13.2. The van der Waals surface area contributed by atoms with Gasteiger partial charge in [-0.3, -0.25) is 9.89 Å². The van der Waals surface area contributed by atoms with Gasteiger partial charge >= 0.3 is 0 Å². The summed E-state index contributed by atoms with van der Waals surface area (Å²) >= 11 is 0. The van der Waals surface area contributed by atoms with E-state index in [9.17, 15) is 4.79 Å². The highest BCUT2D eigenvalue weighted by atomic mass is 35.5. The largest absolute Gasteiger partial charge is 0.374 e. The van der Waals surface area contributed by atoms with E-state index in [0.717, 1.165) is 29.8 Å². The normalized spacial score (nSPS) is 22.8. The van der Waals surface area contributed by atoms with Gasteiger partial charge in [0, 0.05) is 37.3 Å². The molecule has 3 heterocycles. The quantitative estimate of drug-likeness (QED) is 0.858. The summed E-state index contributed by atoms with van der Waals surface area (Å²) in [6.07, 6.45) is 0.916. The van der Waals surface area contributed by atoms with E-state index >= 15 is 0 Å². The van der Waals surface area contributed by atoms with Crippen molar-refractivity contribution in [2.45, 2.75) is 32.0 Å². The summed E-state index contributed by atoms with van der Waals surface area (Å²) in [5, 5.41) is 10.7. The second-order valence-electron chi connectivity index (χ2n) is 6.48. The van der Waals surface area contributed by atoms with Gasteiger partial charge in [-0.05, 0) is 12.5 Å².